The van der Waals surface area contributed by atoms with Crippen molar-refractivity contribution in [2.45, 2.75) is 12.8 Å². The summed E-state index contributed by atoms with van der Waals surface area (Å²) in [4.78, 5) is 29.8. The van der Waals surface area contributed by atoms with E-state index in [1.54, 1.807) is 41.2 Å². The number of rotatable bonds is 5. The van der Waals surface area contributed by atoms with Crippen LogP contribution in [0.2, 0.25) is 5.02 Å². The fraction of sp³-hybridized carbons (Fsp3) is 0.211. The number of hydrogen-bond acceptors (Lipinski definition) is 7. The molecule has 1 saturated carbocycles. The van der Waals surface area contributed by atoms with Gasteiger partial charge in [-0.05, 0) is 37.0 Å². The van der Waals surface area contributed by atoms with E-state index in [9.17, 15) is 9.90 Å². The number of H-pyrrole nitrogens is 2. The smallest absolute Gasteiger partial charge is 0.326 e. The monoisotopic (exact) mass is 424 g/mol. The molecule has 1 fully saturated rings. The first-order valence-electron chi connectivity index (χ1n) is 9.36. The summed E-state index contributed by atoms with van der Waals surface area (Å²) < 4.78 is 1.64. The first-order valence-corrected chi connectivity index (χ1v) is 9.74. The van der Waals surface area contributed by atoms with Gasteiger partial charge in [0.25, 0.3) is 0 Å². The lowest BCUT2D eigenvalue weighted by atomic mass is 10.3. The molecule has 0 bridgehead atoms. The number of fused-ring (bicyclic) bond motifs is 1. The van der Waals surface area contributed by atoms with Gasteiger partial charge in [-0.15, -0.1) is 0 Å². The molecule has 0 aliphatic heterocycles. The first kappa shape index (κ1) is 18.4. The third-order valence-corrected chi connectivity index (χ3v) is 4.93. The minimum Gasteiger partial charge on any atom is -0.493 e. The van der Waals surface area contributed by atoms with Crippen molar-refractivity contribution < 1.29 is 5.11 Å². The number of hydrogen-bond donors (Lipinski definition) is 4. The number of aromatic hydroxyl groups is 1. The van der Waals surface area contributed by atoms with Gasteiger partial charge in [0, 0.05) is 24.0 Å². The van der Waals surface area contributed by atoms with E-state index < -0.39 is 5.69 Å². The van der Waals surface area contributed by atoms with Crippen molar-refractivity contribution >= 4 is 35.0 Å². The molecular formula is C19H17ClN8O2. The zero-order valence-corrected chi connectivity index (χ0v) is 16.4. The largest absolute Gasteiger partial charge is 0.493 e. The lowest BCUT2D eigenvalue weighted by molar-refractivity contribution is 0.454. The molecule has 1 aliphatic rings. The van der Waals surface area contributed by atoms with Crippen LogP contribution in [0.4, 0.5) is 11.6 Å². The third-order valence-electron chi connectivity index (χ3n) is 4.71. The molecule has 0 atom stereocenters. The van der Waals surface area contributed by atoms with Crippen molar-refractivity contribution in [2.75, 3.05) is 11.9 Å². The van der Waals surface area contributed by atoms with Gasteiger partial charge in [-0.1, -0.05) is 11.6 Å². The molecule has 152 valence electrons. The molecule has 5 rings (SSSR count). The maximum absolute atomic E-state index is 11.4. The minimum absolute atomic E-state index is 0.242. The minimum atomic E-state index is -0.500. The molecule has 30 heavy (non-hydrogen) atoms. The molecule has 4 aromatic rings. The summed E-state index contributed by atoms with van der Waals surface area (Å²) in [7, 11) is 0. The number of aromatic nitrogens is 6. The number of anilines is 2. The molecular weight excluding hydrogens is 408 g/mol. The number of imidazole rings is 1. The zero-order valence-electron chi connectivity index (χ0n) is 15.6. The Morgan fingerprint density at radius 3 is 2.87 bits per heavy atom. The van der Waals surface area contributed by atoms with E-state index in [-0.39, 0.29) is 11.6 Å². The standard InChI is InChI=1S/C19H17ClN8O2/c20-12-3-4-14(21-9-12)25-15-6-16(22-7-10-1-2-10)28-17(26-15)11(8-23-28)5-13-18(29)27-19(30)24-13/h3-6,8-10,29H,1-2,7H2,(H,21,25)(H2,24,27,30)/b11-5-,22-16?. The fourth-order valence-electron chi connectivity index (χ4n) is 2.99. The van der Waals surface area contributed by atoms with Gasteiger partial charge in [0.05, 0.1) is 11.2 Å². The molecule has 0 aromatic carbocycles. The van der Waals surface area contributed by atoms with Crippen molar-refractivity contribution in [3.05, 3.63) is 62.5 Å². The molecule has 1 aliphatic carbocycles. The molecule has 10 nitrogen and oxygen atoms in total. The van der Waals surface area contributed by atoms with Crippen LogP contribution in [0.15, 0.2) is 40.4 Å². The lowest BCUT2D eigenvalue weighted by Gasteiger charge is -2.05. The van der Waals surface area contributed by atoms with E-state index >= 15 is 0 Å². The third kappa shape index (κ3) is 3.77. The van der Waals surface area contributed by atoms with Gasteiger partial charge in [-0.25, -0.2) is 14.8 Å². The summed E-state index contributed by atoms with van der Waals surface area (Å²) in [5.41, 5.74) is 0.908. The van der Waals surface area contributed by atoms with Crippen molar-refractivity contribution in [3.8, 4) is 5.88 Å². The van der Waals surface area contributed by atoms with Crippen LogP contribution in [0.25, 0.3) is 11.7 Å². The Labute approximate surface area is 174 Å². The summed E-state index contributed by atoms with van der Waals surface area (Å²) in [6.45, 7) is 0.725. The number of nitrogens with zero attached hydrogens (tertiary/aromatic N) is 5. The van der Waals surface area contributed by atoms with E-state index in [0.717, 1.165) is 6.54 Å². The Morgan fingerprint density at radius 2 is 2.17 bits per heavy atom. The van der Waals surface area contributed by atoms with Gasteiger partial charge in [0.1, 0.15) is 17.3 Å². The zero-order chi connectivity index (χ0) is 20.7. The van der Waals surface area contributed by atoms with Gasteiger partial charge in [-0.3, -0.25) is 9.98 Å². The number of halogens is 1. The van der Waals surface area contributed by atoms with Crippen LogP contribution in [-0.2, 0) is 0 Å². The van der Waals surface area contributed by atoms with Crippen LogP contribution in [0.1, 0.15) is 18.5 Å². The second kappa shape index (κ2) is 7.30. The summed E-state index contributed by atoms with van der Waals surface area (Å²) in [6.07, 6.45) is 7.13. The highest BCUT2D eigenvalue weighted by Crippen LogP contribution is 2.28. The molecule has 0 spiro atoms. The highest BCUT2D eigenvalue weighted by molar-refractivity contribution is 6.30. The second-order valence-corrected chi connectivity index (χ2v) is 7.53. The van der Waals surface area contributed by atoms with E-state index in [1.165, 1.54) is 12.8 Å². The molecule has 4 heterocycles. The van der Waals surface area contributed by atoms with Crippen molar-refractivity contribution in [3.63, 3.8) is 0 Å². The summed E-state index contributed by atoms with van der Waals surface area (Å²) in [6, 6.07) is 5.29. The molecule has 11 heteroatoms. The lowest BCUT2D eigenvalue weighted by Crippen LogP contribution is -2.20. The van der Waals surface area contributed by atoms with Crippen molar-refractivity contribution in [2.24, 2.45) is 10.9 Å². The average molecular weight is 425 g/mol. The topological polar surface area (TPSA) is 136 Å². The Kier molecular flexibility index (Phi) is 4.47. The molecule has 0 unspecified atom stereocenters. The van der Waals surface area contributed by atoms with E-state index in [4.69, 9.17) is 16.6 Å². The summed E-state index contributed by atoms with van der Waals surface area (Å²) in [5.74, 6) is 1.49. The highest BCUT2D eigenvalue weighted by Gasteiger charge is 2.20. The van der Waals surface area contributed by atoms with Crippen molar-refractivity contribution in [1.29, 1.82) is 0 Å². The van der Waals surface area contributed by atoms with E-state index in [1.807, 2.05) is 0 Å². The Hall–Kier alpha value is -3.66. The Balaban J connectivity index is 1.64. The van der Waals surface area contributed by atoms with Crippen LogP contribution < -0.4 is 21.7 Å². The number of aromatic amines is 2. The SMILES string of the molecule is O=c1[nH]c(O)c(/C=c2/cnn3c(=NCC4CC4)cc(Nc4ccc(Cl)cn4)nc23)[nH]1. The maximum Gasteiger partial charge on any atom is 0.326 e. The van der Waals surface area contributed by atoms with Crippen LogP contribution in [0.3, 0.4) is 0 Å². The van der Waals surface area contributed by atoms with Gasteiger partial charge in [0.2, 0.25) is 5.88 Å². The van der Waals surface area contributed by atoms with E-state index in [0.29, 0.717) is 38.9 Å². The first-order chi connectivity index (χ1) is 14.5. The maximum atomic E-state index is 11.4. The van der Waals surface area contributed by atoms with Crippen LogP contribution in [0, 0.1) is 5.92 Å². The molecule has 4 aromatic heterocycles. The number of pyridine rings is 1. The molecule has 0 radical (unpaired) electrons. The molecule has 0 saturated heterocycles. The molecule has 4 N–H and O–H groups in total. The van der Waals surface area contributed by atoms with E-state index in [2.05, 4.69) is 30.4 Å². The second-order valence-electron chi connectivity index (χ2n) is 7.09. The van der Waals surface area contributed by atoms with Gasteiger partial charge in [-0.2, -0.15) is 9.61 Å². The normalized spacial score (nSPS) is 15.2. The Morgan fingerprint density at radius 1 is 1.30 bits per heavy atom. The number of nitrogens with one attached hydrogen (secondary N) is 3. The predicted octanol–water partition coefficient (Wildman–Crippen LogP) is 1.10. The predicted molar refractivity (Wildman–Crippen MR) is 111 cm³/mol. The van der Waals surface area contributed by atoms with Crippen molar-refractivity contribution in [1.82, 2.24) is 29.5 Å². The highest BCUT2D eigenvalue weighted by atomic mass is 35.5. The summed E-state index contributed by atoms with van der Waals surface area (Å²) >= 11 is 5.91. The van der Waals surface area contributed by atoms with Gasteiger partial charge >= 0.3 is 5.69 Å². The van der Waals surface area contributed by atoms with Crippen LogP contribution >= 0.6 is 11.6 Å². The Bertz CT molecular complexity index is 1400. The quantitative estimate of drug-likeness (QED) is 0.378. The molecule has 0 amide bonds. The van der Waals surface area contributed by atoms with Crippen LogP contribution in [0.5, 0.6) is 5.88 Å². The summed E-state index contributed by atoms with van der Waals surface area (Å²) in [5, 5.41) is 18.6. The van der Waals surface area contributed by atoms with Gasteiger partial charge < -0.3 is 15.4 Å². The van der Waals surface area contributed by atoms with Gasteiger partial charge in [0.15, 0.2) is 11.1 Å². The van der Waals surface area contributed by atoms with Crippen LogP contribution in [-0.4, -0.2) is 41.2 Å². The fourth-order valence-corrected chi connectivity index (χ4v) is 3.11. The average Bonchev–Trinajstić information content (AvgIpc) is 3.39.